The molecule has 0 saturated heterocycles. The zero-order chi connectivity index (χ0) is 20.7. The Balaban J connectivity index is 1.86. The van der Waals surface area contributed by atoms with Crippen LogP contribution < -0.4 is 15.4 Å². The van der Waals surface area contributed by atoms with Crippen molar-refractivity contribution in [2.75, 3.05) is 19.0 Å². The predicted molar refractivity (Wildman–Crippen MR) is 101 cm³/mol. The van der Waals surface area contributed by atoms with Crippen LogP contribution in [0.25, 0.3) is 0 Å². The van der Waals surface area contributed by atoms with E-state index in [0.29, 0.717) is 17.0 Å². The van der Waals surface area contributed by atoms with Gasteiger partial charge in [0, 0.05) is 18.3 Å². The molecular weight excluding hydrogens is 367 g/mol. The van der Waals surface area contributed by atoms with E-state index < -0.39 is 29.9 Å². The molecular formula is C20H21FN2O5. The molecule has 2 aromatic carbocycles. The summed E-state index contributed by atoms with van der Waals surface area (Å²) < 4.78 is 23.4. The van der Waals surface area contributed by atoms with Crippen LogP contribution in [0.3, 0.4) is 0 Å². The largest absolute Gasteiger partial charge is 0.476 e. The van der Waals surface area contributed by atoms with Crippen LogP contribution >= 0.6 is 0 Å². The van der Waals surface area contributed by atoms with Crippen molar-refractivity contribution < 1.29 is 28.2 Å². The summed E-state index contributed by atoms with van der Waals surface area (Å²) in [6.07, 6.45) is 0. The number of nitrogens with one attached hydrogen (secondary N) is 2. The summed E-state index contributed by atoms with van der Waals surface area (Å²) in [6.45, 7) is 2.45. The quantitative estimate of drug-likeness (QED) is 0.711. The maximum Gasteiger partial charge on any atom is 0.350 e. The van der Waals surface area contributed by atoms with E-state index in [1.807, 2.05) is 0 Å². The highest BCUT2D eigenvalue weighted by molar-refractivity contribution is 5.96. The van der Waals surface area contributed by atoms with Gasteiger partial charge >= 0.3 is 5.97 Å². The lowest BCUT2D eigenvalue weighted by molar-refractivity contribution is -0.161. The molecule has 0 atom stereocenters. The number of ether oxygens (including phenoxy) is 2. The van der Waals surface area contributed by atoms with Gasteiger partial charge in [-0.1, -0.05) is 0 Å². The molecule has 0 fully saturated rings. The highest BCUT2D eigenvalue weighted by Gasteiger charge is 2.32. The average Bonchev–Trinajstić information content (AvgIpc) is 2.67. The summed E-state index contributed by atoms with van der Waals surface area (Å²) in [4.78, 5) is 35.6. The Morgan fingerprint density at radius 1 is 1.00 bits per heavy atom. The standard InChI is InChI=1S/C20H21FN2O5/c1-20(2,28-16-10-6-14(21)7-11-16)19(26)27-12-17(24)23-15-8-4-13(5-9-15)18(25)22-3/h4-11H,12H2,1-3H3,(H,22,25)(H,23,24). The number of amides is 2. The van der Waals surface area contributed by atoms with Gasteiger partial charge in [-0.05, 0) is 62.4 Å². The normalized spacial score (nSPS) is 10.7. The van der Waals surface area contributed by atoms with Crippen LogP contribution in [0, 0.1) is 5.82 Å². The van der Waals surface area contributed by atoms with Crippen LogP contribution in [0.4, 0.5) is 10.1 Å². The van der Waals surface area contributed by atoms with Crippen molar-refractivity contribution >= 4 is 23.5 Å². The van der Waals surface area contributed by atoms with E-state index in [4.69, 9.17) is 9.47 Å². The van der Waals surface area contributed by atoms with Crippen molar-refractivity contribution in [1.82, 2.24) is 5.32 Å². The fraction of sp³-hybridized carbons (Fsp3) is 0.250. The van der Waals surface area contributed by atoms with E-state index in [1.165, 1.54) is 45.2 Å². The molecule has 2 N–H and O–H groups in total. The number of esters is 1. The van der Waals surface area contributed by atoms with Gasteiger partial charge in [0.2, 0.25) is 0 Å². The van der Waals surface area contributed by atoms with Gasteiger partial charge in [0.15, 0.2) is 12.2 Å². The summed E-state index contributed by atoms with van der Waals surface area (Å²) in [5.41, 5.74) is -0.463. The second-order valence-corrected chi connectivity index (χ2v) is 6.35. The van der Waals surface area contributed by atoms with Crippen molar-refractivity contribution in [3.8, 4) is 5.75 Å². The first-order chi connectivity index (χ1) is 13.2. The van der Waals surface area contributed by atoms with Gasteiger partial charge < -0.3 is 20.1 Å². The van der Waals surface area contributed by atoms with Crippen LogP contribution in [0.5, 0.6) is 5.75 Å². The number of hydrogen-bond donors (Lipinski definition) is 2. The monoisotopic (exact) mass is 388 g/mol. The van der Waals surface area contributed by atoms with Gasteiger partial charge in [-0.2, -0.15) is 0 Å². The van der Waals surface area contributed by atoms with Crippen molar-refractivity contribution in [2.45, 2.75) is 19.4 Å². The molecule has 0 radical (unpaired) electrons. The smallest absolute Gasteiger partial charge is 0.350 e. The van der Waals surface area contributed by atoms with E-state index in [2.05, 4.69) is 10.6 Å². The summed E-state index contributed by atoms with van der Waals surface area (Å²) in [7, 11) is 1.52. The zero-order valence-electron chi connectivity index (χ0n) is 15.7. The van der Waals surface area contributed by atoms with Crippen LogP contribution in [-0.2, 0) is 14.3 Å². The fourth-order valence-corrected chi connectivity index (χ4v) is 2.19. The first-order valence-electron chi connectivity index (χ1n) is 8.45. The second-order valence-electron chi connectivity index (χ2n) is 6.35. The number of carbonyl (C=O) groups is 3. The van der Waals surface area contributed by atoms with E-state index in [0.717, 1.165) is 0 Å². The Bertz CT molecular complexity index is 848. The Hall–Kier alpha value is -3.42. The van der Waals surface area contributed by atoms with Crippen LogP contribution in [-0.4, -0.2) is 37.0 Å². The van der Waals surface area contributed by atoms with Crippen molar-refractivity contribution in [1.29, 1.82) is 0 Å². The first kappa shape index (κ1) is 20.9. The molecule has 0 aliphatic heterocycles. The Morgan fingerprint density at radius 2 is 1.61 bits per heavy atom. The van der Waals surface area contributed by atoms with Crippen molar-refractivity contribution in [3.63, 3.8) is 0 Å². The highest BCUT2D eigenvalue weighted by Crippen LogP contribution is 2.20. The third-order valence-corrected chi connectivity index (χ3v) is 3.67. The van der Waals surface area contributed by atoms with Gasteiger partial charge in [-0.3, -0.25) is 9.59 Å². The minimum Gasteiger partial charge on any atom is -0.476 e. The number of benzene rings is 2. The maximum absolute atomic E-state index is 12.9. The topological polar surface area (TPSA) is 93.7 Å². The van der Waals surface area contributed by atoms with Crippen LogP contribution in [0.15, 0.2) is 48.5 Å². The molecule has 8 heteroatoms. The molecule has 0 spiro atoms. The lowest BCUT2D eigenvalue weighted by Crippen LogP contribution is -2.41. The third kappa shape index (κ3) is 5.80. The van der Waals surface area contributed by atoms with E-state index in [-0.39, 0.29) is 5.91 Å². The minimum absolute atomic E-state index is 0.241. The first-order valence-corrected chi connectivity index (χ1v) is 8.45. The minimum atomic E-state index is -1.37. The number of anilines is 1. The number of hydrogen-bond acceptors (Lipinski definition) is 5. The molecule has 2 aromatic rings. The van der Waals surface area contributed by atoms with Gasteiger partial charge in [0.1, 0.15) is 11.6 Å². The molecule has 148 valence electrons. The van der Waals surface area contributed by atoms with E-state index >= 15 is 0 Å². The molecule has 7 nitrogen and oxygen atoms in total. The number of rotatable bonds is 7. The maximum atomic E-state index is 12.9. The highest BCUT2D eigenvalue weighted by atomic mass is 19.1. The molecule has 28 heavy (non-hydrogen) atoms. The molecule has 0 saturated carbocycles. The van der Waals surface area contributed by atoms with Crippen molar-refractivity contribution in [2.24, 2.45) is 0 Å². The lowest BCUT2D eigenvalue weighted by Gasteiger charge is -2.24. The molecule has 0 unspecified atom stereocenters. The van der Waals surface area contributed by atoms with Crippen LogP contribution in [0.2, 0.25) is 0 Å². The lowest BCUT2D eigenvalue weighted by atomic mass is 10.1. The molecule has 0 aliphatic carbocycles. The van der Waals surface area contributed by atoms with E-state index in [1.54, 1.807) is 24.3 Å². The average molecular weight is 388 g/mol. The predicted octanol–water partition coefficient (Wildman–Crippen LogP) is 2.52. The summed E-state index contributed by atoms with van der Waals surface area (Å²) >= 11 is 0. The molecule has 2 rings (SSSR count). The van der Waals surface area contributed by atoms with Gasteiger partial charge in [0.25, 0.3) is 11.8 Å². The van der Waals surface area contributed by atoms with Gasteiger partial charge in [0.05, 0.1) is 0 Å². The fourth-order valence-electron chi connectivity index (χ4n) is 2.19. The van der Waals surface area contributed by atoms with Crippen LogP contribution in [0.1, 0.15) is 24.2 Å². The van der Waals surface area contributed by atoms with Gasteiger partial charge in [-0.25, -0.2) is 9.18 Å². The van der Waals surface area contributed by atoms with Gasteiger partial charge in [-0.15, -0.1) is 0 Å². The SMILES string of the molecule is CNC(=O)c1ccc(NC(=O)COC(=O)C(C)(C)Oc2ccc(F)cc2)cc1. The zero-order valence-corrected chi connectivity index (χ0v) is 15.7. The number of halogens is 1. The Labute approximate surface area is 161 Å². The third-order valence-electron chi connectivity index (χ3n) is 3.67. The summed E-state index contributed by atoms with van der Waals surface area (Å²) in [5.74, 6) is -1.66. The van der Waals surface area contributed by atoms with Crippen molar-refractivity contribution in [3.05, 3.63) is 59.9 Å². The second kappa shape index (κ2) is 8.98. The number of carbonyl (C=O) groups excluding carboxylic acids is 3. The molecule has 0 heterocycles. The molecule has 2 amide bonds. The molecule has 0 bridgehead atoms. The summed E-state index contributed by atoms with van der Waals surface area (Å²) in [6, 6.07) is 11.4. The Morgan fingerprint density at radius 3 is 2.18 bits per heavy atom. The Kier molecular flexibility index (Phi) is 6.70. The molecule has 0 aliphatic rings. The van der Waals surface area contributed by atoms with E-state index in [9.17, 15) is 18.8 Å². The summed E-state index contributed by atoms with van der Waals surface area (Å²) in [5, 5.41) is 5.05. The molecule has 0 aromatic heterocycles.